The van der Waals surface area contributed by atoms with Crippen LogP contribution < -0.4 is 4.90 Å². The van der Waals surface area contributed by atoms with E-state index in [0.29, 0.717) is 5.15 Å². The lowest BCUT2D eigenvalue weighted by molar-refractivity contribution is 0.718. The van der Waals surface area contributed by atoms with Crippen LogP contribution in [-0.2, 0) is 0 Å². The summed E-state index contributed by atoms with van der Waals surface area (Å²) in [4.78, 5) is 2.20. The van der Waals surface area contributed by atoms with Gasteiger partial charge in [0.1, 0.15) is 0 Å². The number of hydrogen-bond acceptors (Lipinski definition) is 3. The lowest BCUT2D eigenvalue weighted by atomic mass is 10.3. The molecule has 1 aromatic heterocycles. The van der Waals surface area contributed by atoms with Gasteiger partial charge in [0, 0.05) is 13.1 Å². The van der Waals surface area contributed by atoms with Crippen molar-refractivity contribution in [3.63, 3.8) is 0 Å². The zero-order valence-corrected chi connectivity index (χ0v) is 9.46. The van der Waals surface area contributed by atoms with E-state index >= 15 is 0 Å². The molecule has 0 aromatic carbocycles. The summed E-state index contributed by atoms with van der Waals surface area (Å²) >= 11 is 5.67. The maximum atomic E-state index is 5.67. The molecule has 0 bridgehead atoms. The van der Waals surface area contributed by atoms with E-state index in [9.17, 15) is 0 Å². The molecule has 78 valence electrons. The molecule has 0 atom stereocenters. The lowest BCUT2D eigenvalue weighted by Crippen LogP contribution is -2.24. The molecular formula is C10H16ClN3. The standard InChI is InChI=1S/C10H16ClN3/c1-3-5-8-14(4-2)10-7-6-9(11)12-13-10/h6-7H,3-5,8H2,1-2H3. The van der Waals surface area contributed by atoms with Crippen molar-refractivity contribution in [1.82, 2.24) is 10.2 Å². The molecular weight excluding hydrogens is 198 g/mol. The van der Waals surface area contributed by atoms with Gasteiger partial charge in [-0.05, 0) is 25.5 Å². The van der Waals surface area contributed by atoms with E-state index in [2.05, 4.69) is 28.9 Å². The highest BCUT2D eigenvalue weighted by atomic mass is 35.5. The van der Waals surface area contributed by atoms with Crippen molar-refractivity contribution >= 4 is 17.4 Å². The van der Waals surface area contributed by atoms with Gasteiger partial charge in [-0.3, -0.25) is 0 Å². The van der Waals surface area contributed by atoms with E-state index in [-0.39, 0.29) is 0 Å². The second-order valence-electron chi connectivity index (χ2n) is 3.15. The number of unbranched alkanes of at least 4 members (excludes halogenated alkanes) is 1. The Morgan fingerprint density at radius 2 is 2.07 bits per heavy atom. The zero-order valence-electron chi connectivity index (χ0n) is 8.70. The third-order valence-corrected chi connectivity index (χ3v) is 2.31. The predicted octanol–water partition coefficient (Wildman–Crippen LogP) is 2.76. The van der Waals surface area contributed by atoms with Gasteiger partial charge in [-0.2, -0.15) is 0 Å². The fraction of sp³-hybridized carbons (Fsp3) is 0.600. The molecule has 0 N–H and O–H groups in total. The minimum absolute atomic E-state index is 0.445. The summed E-state index contributed by atoms with van der Waals surface area (Å²) < 4.78 is 0. The second-order valence-corrected chi connectivity index (χ2v) is 3.53. The first-order valence-electron chi connectivity index (χ1n) is 5.02. The van der Waals surface area contributed by atoms with Gasteiger partial charge in [-0.1, -0.05) is 24.9 Å². The van der Waals surface area contributed by atoms with Crippen LogP contribution in [0.4, 0.5) is 5.82 Å². The largest absolute Gasteiger partial charge is 0.355 e. The molecule has 0 saturated heterocycles. The molecule has 0 radical (unpaired) electrons. The molecule has 14 heavy (non-hydrogen) atoms. The van der Waals surface area contributed by atoms with Gasteiger partial charge in [0.05, 0.1) is 0 Å². The molecule has 1 rings (SSSR count). The van der Waals surface area contributed by atoms with Gasteiger partial charge in [0.2, 0.25) is 0 Å². The van der Waals surface area contributed by atoms with Crippen LogP contribution in [0.15, 0.2) is 12.1 Å². The van der Waals surface area contributed by atoms with Crippen LogP contribution in [0.3, 0.4) is 0 Å². The number of nitrogens with zero attached hydrogens (tertiary/aromatic N) is 3. The van der Waals surface area contributed by atoms with Gasteiger partial charge >= 0.3 is 0 Å². The number of halogens is 1. The van der Waals surface area contributed by atoms with Crippen LogP contribution in [-0.4, -0.2) is 23.3 Å². The molecule has 0 amide bonds. The van der Waals surface area contributed by atoms with Gasteiger partial charge in [-0.15, -0.1) is 10.2 Å². The highest BCUT2D eigenvalue weighted by Gasteiger charge is 2.04. The first kappa shape index (κ1) is 11.2. The summed E-state index contributed by atoms with van der Waals surface area (Å²) in [6.45, 7) is 6.28. The van der Waals surface area contributed by atoms with E-state index in [1.165, 1.54) is 12.8 Å². The molecule has 1 heterocycles. The maximum absolute atomic E-state index is 5.67. The Labute approximate surface area is 90.1 Å². The summed E-state index contributed by atoms with van der Waals surface area (Å²) in [5, 5.41) is 8.32. The van der Waals surface area contributed by atoms with E-state index in [1.54, 1.807) is 6.07 Å². The first-order chi connectivity index (χ1) is 6.77. The van der Waals surface area contributed by atoms with Crippen LogP contribution in [0, 0.1) is 0 Å². The van der Waals surface area contributed by atoms with E-state index < -0.39 is 0 Å². The Kier molecular flexibility index (Phi) is 4.66. The van der Waals surface area contributed by atoms with Crippen molar-refractivity contribution in [3.8, 4) is 0 Å². The average molecular weight is 214 g/mol. The molecule has 0 aliphatic heterocycles. The van der Waals surface area contributed by atoms with Crippen LogP contribution >= 0.6 is 11.6 Å². The van der Waals surface area contributed by atoms with Gasteiger partial charge in [0.25, 0.3) is 0 Å². The number of aromatic nitrogens is 2. The van der Waals surface area contributed by atoms with Crippen molar-refractivity contribution in [3.05, 3.63) is 17.3 Å². The van der Waals surface area contributed by atoms with Crippen molar-refractivity contribution in [2.45, 2.75) is 26.7 Å². The van der Waals surface area contributed by atoms with Crippen molar-refractivity contribution in [2.24, 2.45) is 0 Å². The number of rotatable bonds is 5. The highest BCUT2D eigenvalue weighted by molar-refractivity contribution is 6.29. The Hall–Kier alpha value is -0.830. The normalized spacial score (nSPS) is 10.2. The van der Waals surface area contributed by atoms with Gasteiger partial charge in [-0.25, -0.2) is 0 Å². The Morgan fingerprint density at radius 3 is 2.57 bits per heavy atom. The molecule has 4 heteroatoms. The molecule has 0 saturated carbocycles. The molecule has 0 fully saturated rings. The average Bonchev–Trinajstić information content (AvgIpc) is 2.21. The third-order valence-electron chi connectivity index (χ3n) is 2.11. The summed E-state index contributed by atoms with van der Waals surface area (Å²) in [5.41, 5.74) is 0. The van der Waals surface area contributed by atoms with Crippen LogP contribution in [0.1, 0.15) is 26.7 Å². The van der Waals surface area contributed by atoms with E-state index in [1.807, 2.05) is 6.07 Å². The fourth-order valence-electron chi connectivity index (χ4n) is 1.26. The monoisotopic (exact) mass is 213 g/mol. The van der Waals surface area contributed by atoms with Crippen molar-refractivity contribution < 1.29 is 0 Å². The zero-order chi connectivity index (χ0) is 10.4. The fourth-order valence-corrected chi connectivity index (χ4v) is 1.36. The Morgan fingerprint density at radius 1 is 1.29 bits per heavy atom. The quantitative estimate of drug-likeness (QED) is 0.753. The minimum Gasteiger partial charge on any atom is -0.355 e. The van der Waals surface area contributed by atoms with E-state index in [0.717, 1.165) is 18.9 Å². The molecule has 3 nitrogen and oxygen atoms in total. The van der Waals surface area contributed by atoms with Gasteiger partial charge < -0.3 is 4.90 Å². The molecule has 0 spiro atoms. The minimum atomic E-state index is 0.445. The molecule has 0 unspecified atom stereocenters. The summed E-state index contributed by atoms with van der Waals surface area (Å²) in [6.07, 6.45) is 2.37. The Balaban J connectivity index is 2.64. The van der Waals surface area contributed by atoms with Crippen LogP contribution in [0.5, 0.6) is 0 Å². The summed E-state index contributed by atoms with van der Waals surface area (Å²) in [7, 11) is 0. The topological polar surface area (TPSA) is 29.0 Å². The number of anilines is 1. The summed E-state index contributed by atoms with van der Waals surface area (Å²) in [6, 6.07) is 3.69. The number of hydrogen-bond donors (Lipinski definition) is 0. The van der Waals surface area contributed by atoms with Gasteiger partial charge in [0.15, 0.2) is 11.0 Å². The summed E-state index contributed by atoms with van der Waals surface area (Å²) in [5.74, 6) is 0.908. The SMILES string of the molecule is CCCCN(CC)c1ccc(Cl)nn1. The van der Waals surface area contributed by atoms with Crippen molar-refractivity contribution in [2.75, 3.05) is 18.0 Å². The molecule has 1 aromatic rings. The molecule has 0 aliphatic carbocycles. The maximum Gasteiger partial charge on any atom is 0.151 e. The smallest absolute Gasteiger partial charge is 0.151 e. The second kappa shape index (κ2) is 5.81. The lowest BCUT2D eigenvalue weighted by Gasteiger charge is -2.20. The molecule has 0 aliphatic rings. The first-order valence-corrected chi connectivity index (χ1v) is 5.40. The van der Waals surface area contributed by atoms with Crippen LogP contribution in [0.25, 0.3) is 0 Å². The van der Waals surface area contributed by atoms with Crippen molar-refractivity contribution in [1.29, 1.82) is 0 Å². The third kappa shape index (κ3) is 3.14. The van der Waals surface area contributed by atoms with E-state index in [4.69, 9.17) is 11.6 Å². The predicted molar refractivity (Wildman–Crippen MR) is 59.8 cm³/mol. The Bertz CT molecular complexity index is 261. The highest BCUT2D eigenvalue weighted by Crippen LogP contribution is 2.12. The van der Waals surface area contributed by atoms with Crippen LogP contribution in [0.2, 0.25) is 5.15 Å².